The molecule has 23 nitrogen and oxygen atoms in total. The van der Waals surface area contributed by atoms with E-state index in [9.17, 15) is 24.4 Å². The number of hydrogen-bond acceptors (Lipinski definition) is 21. The smallest absolute Gasteiger partial charge is 0.262 e. The van der Waals surface area contributed by atoms with E-state index in [0.717, 1.165) is 28.9 Å². The summed E-state index contributed by atoms with van der Waals surface area (Å²) in [6.45, 7) is 13.2. The lowest BCUT2D eigenvalue weighted by Gasteiger charge is -2.35. The van der Waals surface area contributed by atoms with Crippen LogP contribution in [0, 0.1) is 25.2 Å². The van der Waals surface area contributed by atoms with Gasteiger partial charge in [0.25, 0.3) is 11.8 Å². The van der Waals surface area contributed by atoms with Crippen molar-refractivity contribution in [2.75, 3.05) is 135 Å². The second-order valence-electron chi connectivity index (χ2n) is 18.8. The molecule has 1 atom stereocenters. The van der Waals surface area contributed by atoms with Crippen molar-refractivity contribution >= 4 is 91.4 Å². The van der Waals surface area contributed by atoms with E-state index in [1.54, 1.807) is 42.6 Å². The number of benzene rings is 2. The number of oxime groups is 1. The van der Waals surface area contributed by atoms with Crippen molar-refractivity contribution in [3.8, 4) is 11.8 Å². The molecule has 4 heterocycles. The SMILES string of the molecule is CCCC(NC(=O)/C(C#N)=C/c1cccc(Br)n1)c1ccc(OCC=NOCC(=O)NCCOCCOCCOCCOCCOCCNC(=O)CN2CCN(c3cc(Nc4ncc(C(=O)Cc5c(C)cccc5Cl)s4)nc(C)n3)CC2)cc1. The van der Waals surface area contributed by atoms with Crippen LogP contribution in [0.3, 0.4) is 0 Å². The number of nitrogens with zero attached hydrogens (tertiary/aromatic N) is 8. The third kappa shape index (κ3) is 24.3. The van der Waals surface area contributed by atoms with Crippen molar-refractivity contribution in [1.29, 1.82) is 5.26 Å². The molecule has 1 fully saturated rings. The fourth-order valence-electron chi connectivity index (χ4n) is 8.19. The predicted molar refractivity (Wildman–Crippen MR) is 323 cm³/mol. The maximum Gasteiger partial charge on any atom is 0.262 e. The van der Waals surface area contributed by atoms with Gasteiger partial charge in [0.15, 0.2) is 17.5 Å². The topological polar surface area (TPSA) is 275 Å². The fraction of sp³-hybridized carbons (Fsp3) is 0.448. The molecule has 0 aliphatic carbocycles. The summed E-state index contributed by atoms with van der Waals surface area (Å²) < 4.78 is 34.0. The number of carbonyl (C=O) groups is 4. The maximum absolute atomic E-state index is 13.0. The van der Waals surface area contributed by atoms with Crippen LogP contribution >= 0.6 is 38.9 Å². The maximum atomic E-state index is 13.0. The highest BCUT2D eigenvalue weighted by atomic mass is 79.9. The molecule has 1 unspecified atom stereocenters. The highest BCUT2D eigenvalue weighted by molar-refractivity contribution is 9.10. The average molecular weight is 1260 g/mol. The molecule has 0 saturated carbocycles. The number of thiazole rings is 1. The molecule has 3 aromatic heterocycles. The van der Waals surface area contributed by atoms with Crippen LogP contribution in [-0.2, 0) is 49.3 Å². The van der Waals surface area contributed by atoms with Crippen molar-refractivity contribution < 1.29 is 52.4 Å². The van der Waals surface area contributed by atoms with Crippen LogP contribution in [0.15, 0.2) is 88.3 Å². The molecular weight excluding hydrogens is 1190 g/mol. The number of amides is 3. The quantitative estimate of drug-likeness (QED) is 0.00615. The van der Waals surface area contributed by atoms with E-state index in [0.29, 0.717) is 154 Å². The van der Waals surface area contributed by atoms with Crippen LogP contribution in [0.5, 0.6) is 5.75 Å². The Balaban J connectivity index is 0.685. The van der Waals surface area contributed by atoms with E-state index in [1.165, 1.54) is 23.6 Å². The van der Waals surface area contributed by atoms with E-state index >= 15 is 0 Å². The monoisotopic (exact) mass is 1260 g/mol. The van der Waals surface area contributed by atoms with Gasteiger partial charge in [-0.25, -0.2) is 19.9 Å². The molecule has 450 valence electrons. The summed E-state index contributed by atoms with van der Waals surface area (Å²) in [5, 5.41) is 26.3. The van der Waals surface area contributed by atoms with Gasteiger partial charge in [0.2, 0.25) is 5.91 Å². The molecule has 0 radical (unpaired) electrons. The minimum Gasteiger partial charge on any atom is -0.488 e. The Labute approximate surface area is 506 Å². The lowest BCUT2D eigenvalue weighted by molar-refractivity contribution is -0.126. The molecule has 0 bridgehead atoms. The summed E-state index contributed by atoms with van der Waals surface area (Å²) >= 11 is 10.9. The summed E-state index contributed by atoms with van der Waals surface area (Å²) in [6.07, 6.45) is 6.10. The van der Waals surface area contributed by atoms with Gasteiger partial charge in [-0.05, 0) is 89.3 Å². The molecule has 1 aliphatic rings. The average Bonchev–Trinajstić information content (AvgIpc) is 3.95. The van der Waals surface area contributed by atoms with Crippen LogP contribution < -0.4 is 30.9 Å². The summed E-state index contributed by atoms with van der Waals surface area (Å²) in [4.78, 5) is 78.5. The molecular formula is C58H72BrClN12O11S. The molecule has 84 heavy (non-hydrogen) atoms. The zero-order valence-corrected chi connectivity index (χ0v) is 50.6. The molecule has 4 N–H and O–H groups in total. The van der Waals surface area contributed by atoms with Crippen molar-refractivity contribution in [2.24, 2.45) is 5.16 Å². The highest BCUT2D eigenvalue weighted by Gasteiger charge is 2.22. The summed E-state index contributed by atoms with van der Waals surface area (Å²) in [6, 6.07) is 21.6. The number of piperazine rings is 1. The van der Waals surface area contributed by atoms with Gasteiger partial charge in [0.1, 0.15) is 46.1 Å². The summed E-state index contributed by atoms with van der Waals surface area (Å²) in [5.41, 5.74) is 3.09. The molecule has 1 aliphatic heterocycles. The Morgan fingerprint density at radius 2 is 1.49 bits per heavy atom. The highest BCUT2D eigenvalue weighted by Crippen LogP contribution is 2.28. The van der Waals surface area contributed by atoms with Gasteiger partial charge in [-0.3, -0.25) is 24.1 Å². The standard InChI is InChI=1S/C58H72BrClN12O11S/c1-4-7-49(69-57(76)44(37-61)34-45-9-6-11-52(59)68-45)43-12-14-46(15-13-43)82-25-18-65-83-40-56(75)63-17-24-78-27-29-80-31-33-81-32-30-79-28-26-77-23-16-62-55(74)39-71-19-21-72(22-20-71)54-36-53(66-42(3)67-54)70-58-64-38-51(84-58)50(73)35-47-41(2)8-5-10-48(47)60/h5-6,8-15,18,34,36,38,49H,4,7,16-17,19-33,35,39-40H2,1-3H3,(H,62,74)(H,63,75)(H,69,76)(H,64,66,67,70)/b44-34+,65-18?. The summed E-state index contributed by atoms with van der Waals surface area (Å²) in [7, 11) is 0. The van der Waals surface area contributed by atoms with Gasteiger partial charge in [0, 0.05) is 56.8 Å². The number of ether oxygens (including phenoxy) is 6. The van der Waals surface area contributed by atoms with Crippen LogP contribution in [0.1, 0.15) is 63.7 Å². The zero-order valence-electron chi connectivity index (χ0n) is 47.4. The molecule has 2 aromatic carbocycles. The van der Waals surface area contributed by atoms with Gasteiger partial charge >= 0.3 is 0 Å². The van der Waals surface area contributed by atoms with Gasteiger partial charge in [-0.15, -0.1) is 0 Å². The first-order valence-corrected chi connectivity index (χ1v) is 29.5. The van der Waals surface area contributed by atoms with E-state index in [1.807, 2.05) is 57.2 Å². The van der Waals surface area contributed by atoms with Crippen LogP contribution in [0.25, 0.3) is 6.08 Å². The number of nitriles is 1. The number of anilines is 3. The molecule has 5 aromatic rings. The largest absolute Gasteiger partial charge is 0.488 e. The number of rotatable bonds is 38. The lowest BCUT2D eigenvalue weighted by atomic mass is 10.0. The van der Waals surface area contributed by atoms with Crippen molar-refractivity contribution in [3.05, 3.63) is 121 Å². The predicted octanol–water partition coefficient (Wildman–Crippen LogP) is 6.61. The van der Waals surface area contributed by atoms with Gasteiger partial charge in [-0.2, -0.15) is 5.26 Å². The molecule has 1 saturated heterocycles. The third-order valence-corrected chi connectivity index (χ3v) is 14.2. The van der Waals surface area contributed by atoms with Crippen molar-refractivity contribution in [3.63, 3.8) is 0 Å². The van der Waals surface area contributed by atoms with E-state index in [-0.39, 0.29) is 55.4 Å². The van der Waals surface area contributed by atoms with Crippen LogP contribution in [-0.4, -0.2) is 180 Å². The van der Waals surface area contributed by atoms with Crippen LogP contribution in [0.2, 0.25) is 5.02 Å². The lowest BCUT2D eigenvalue weighted by Crippen LogP contribution is -2.50. The van der Waals surface area contributed by atoms with Crippen LogP contribution in [0.4, 0.5) is 16.8 Å². The molecule has 6 rings (SSSR count). The van der Waals surface area contributed by atoms with E-state index in [2.05, 4.69) is 72.1 Å². The first kappa shape index (κ1) is 66.2. The number of nitrogens with one attached hydrogen (secondary N) is 4. The second-order valence-corrected chi connectivity index (χ2v) is 21.0. The first-order valence-electron chi connectivity index (χ1n) is 27.5. The number of carbonyl (C=O) groups excluding carboxylic acids is 4. The number of aromatic nitrogens is 4. The second kappa shape index (κ2) is 37.3. The Kier molecular flexibility index (Phi) is 29.4. The number of hydrogen-bond donors (Lipinski definition) is 4. The van der Waals surface area contributed by atoms with Crippen molar-refractivity contribution in [2.45, 2.75) is 46.1 Å². The number of Topliss-reactive ketones (excluding diaryl/α,β-unsaturated/α-hetero) is 1. The number of pyridine rings is 1. The van der Waals surface area contributed by atoms with Crippen molar-refractivity contribution in [1.82, 2.24) is 40.8 Å². The van der Waals surface area contributed by atoms with Gasteiger partial charge in [-0.1, -0.05) is 71.8 Å². The Hall–Kier alpha value is -6.99. The third-order valence-electron chi connectivity index (χ3n) is 12.4. The number of aryl methyl sites for hydroxylation is 2. The molecule has 3 amide bonds. The first-order chi connectivity index (χ1) is 40.9. The fourth-order valence-corrected chi connectivity index (χ4v) is 9.60. The Morgan fingerprint density at radius 3 is 2.13 bits per heavy atom. The number of halogens is 2. The Morgan fingerprint density at radius 1 is 0.833 bits per heavy atom. The van der Waals surface area contributed by atoms with Gasteiger partial charge < -0.3 is 59.4 Å². The molecule has 0 spiro atoms. The summed E-state index contributed by atoms with van der Waals surface area (Å²) in [5.74, 6) is 1.57. The molecule has 26 heteroatoms. The minimum absolute atomic E-state index is 0.0461. The van der Waals surface area contributed by atoms with E-state index in [4.69, 9.17) is 44.9 Å². The minimum atomic E-state index is -0.486. The van der Waals surface area contributed by atoms with Gasteiger partial charge in [0.05, 0.1) is 102 Å². The number of ketones is 1. The Bertz CT molecular complexity index is 2960. The normalized spacial score (nSPS) is 13.1. The zero-order chi connectivity index (χ0) is 59.7. The van der Waals surface area contributed by atoms with E-state index < -0.39 is 5.91 Å².